The average molecular weight is 440 g/mol. The van der Waals surface area contributed by atoms with Crippen LogP contribution in [0.1, 0.15) is 36.8 Å². The molecule has 1 atom stereocenters. The number of ether oxygens (including phenoxy) is 1. The van der Waals surface area contributed by atoms with Gasteiger partial charge in [0.15, 0.2) is 11.8 Å². The summed E-state index contributed by atoms with van der Waals surface area (Å²) in [4.78, 5) is 7.21. The van der Waals surface area contributed by atoms with Crippen LogP contribution < -0.4 is 10.6 Å². The second kappa shape index (κ2) is 10.6. The Morgan fingerprint density at radius 3 is 2.78 bits per heavy atom. The van der Waals surface area contributed by atoms with Gasteiger partial charge in [0.05, 0.1) is 19.3 Å². The Balaban J connectivity index is 1.39. The predicted molar refractivity (Wildman–Crippen MR) is 125 cm³/mol. The Bertz CT molecular complexity index is 1000. The zero-order valence-electron chi connectivity index (χ0n) is 19.2. The molecule has 0 amide bonds. The lowest BCUT2D eigenvalue weighted by atomic mass is 10.2. The quantitative estimate of drug-likeness (QED) is 0.316. The molecular formula is C23H33N7O2. The molecule has 0 bridgehead atoms. The maximum absolute atomic E-state index is 6.03. The third-order valence-corrected chi connectivity index (χ3v) is 5.83. The van der Waals surface area contributed by atoms with Crippen molar-refractivity contribution in [2.75, 3.05) is 39.4 Å². The fraction of sp³-hybridized carbons (Fsp3) is 0.522. The van der Waals surface area contributed by atoms with Gasteiger partial charge in [0, 0.05) is 32.1 Å². The van der Waals surface area contributed by atoms with E-state index < -0.39 is 0 Å². The highest BCUT2D eigenvalue weighted by Gasteiger charge is 2.14. The Morgan fingerprint density at radius 2 is 2.03 bits per heavy atom. The second-order valence-electron chi connectivity index (χ2n) is 8.17. The third-order valence-electron chi connectivity index (χ3n) is 5.83. The molecular weight excluding hydrogens is 406 g/mol. The first kappa shape index (κ1) is 22.3. The zero-order valence-corrected chi connectivity index (χ0v) is 19.2. The number of furan rings is 1. The van der Waals surface area contributed by atoms with Crippen molar-refractivity contribution < 1.29 is 9.15 Å². The Morgan fingerprint density at radius 1 is 1.22 bits per heavy atom. The first-order valence-corrected chi connectivity index (χ1v) is 11.3. The van der Waals surface area contributed by atoms with Gasteiger partial charge in [-0.1, -0.05) is 18.2 Å². The number of fused-ring (bicyclic) bond motifs is 1. The highest BCUT2D eigenvalue weighted by molar-refractivity contribution is 5.81. The summed E-state index contributed by atoms with van der Waals surface area (Å²) in [5.74, 6) is 3.32. The number of morpholine rings is 1. The molecule has 2 N–H and O–H groups in total. The summed E-state index contributed by atoms with van der Waals surface area (Å²) >= 11 is 0. The number of aromatic nitrogens is 3. The standard InChI is InChI=1S/C23H33N7O2/c1-17(21-15-19-7-4-5-8-20(19)32-21)26-23(25-16-22-28-27-18(2)29(22)3)24-9-6-10-30-11-13-31-14-12-30/h4-5,7-8,15,17H,6,9-14,16H2,1-3H3,(H2,24,25,26). The number of hydrogen-bond donors (Lipinski definition) is 2. The van der Waals surface area contributed by atoms with Gasteiger partial charge in [-0.2, -0.15) is 0 Å². The zero-order chi connectivity index (χ0) is 22.3. The number of benzene rings is 1. The lowest BCUT2D eigenvalue weighted by molar-refractivity contribution is 0.0376. The van der Waals surface area contributed by atoms with Crippen LogP contribution in [0.4, 0.5) is 0 Å². The predicted octanol–water partition coefficient (Wildman–Crippen LogP) is 2.39. The molecule has 1 fully saturated rings. The summed E-state index contributed by atoms with van der Waals surface area (Å²) < 4.78 is 13.4. The molecule has 0 radical (unpaired) electrons. The molecule has 1 aromatic carbocycles. The van der Waals surface area contributed by atoms with Gasteiger partial charge < -0.3 is 24.4 Å². The van der Waals surface area contributed by atoms with E-state index >= 15 is 0 Å². The number of aryl methyl sites for hydroxylation is 1. The fourth-order valence-electron chi connectivity index (χ4n) is 3.72. The molecule has 0 spiro atoms. The van der Waals surface area contributed by atoms with Crippen LogP contribution >= 0.6 is 0 Å². The van der Waals surface area contributed by atoms with E-state index in [0.29, 0.717) is 6.54 Å². The molecule has 3 aromatic rings. The topological polar surface area (TPSA) is 92.7 Å². The van der Waals surface area contributed by atoms with Crippen molar-refractivity contribution in [3.8, 4) is 0 Å². The lowest BCUT2D eigenvalue weighted by Crippen LogP contribution is -2.41. The minimum absolute atomic E-state index is 0.0332. The van der Waals surface area contributed by atoms with Crippen LogP contribution in [0, 0.1) is 6.92 Å². The Kier molecular flexibility index (Phi) is 7.39. The summed E-state index contributed by atoms with van der Waals surface area (Å²) in [5, 5.41) is 16.4. The molecule has 9 nitrogen and oxygen atoms in total. The smallest absolute Gasteiger partial charge is 0.192 e. The van der Waals surface area contributed by atoms with Crippen molar-refractivity contribution in [1.82, 2.24) is 30.3 Å². The first-order valence-electron chi connectivity index (χ1n) is 11.3. The summed E-state index contributed by atoms with van der Waals surface area (Å²) in [7, 11) is 1.96. The fourth-order valence-corrected chi connectivity index (χ4v) is 3.72. The van der Waals surface area contributed by atoms with Gasteiger partial charge in [0.1, 0.15) is 23.7 Å². The van der Waals surface area contributed by atoms with Gasteiger partial charge in [-0.05, 0) is 38.9 Å². The summed E-state index contributed by atoms with van der Waals surface area (Å²) in [6.45, 7) is 10.0. The molecule has 0 saturated carbocycles. The normalized spacial score (nSPS) is 16.4. The maximum atomic E-state index is 6.03. The van der Waals surface area contributed by atoms with Gasteiger partial charge >= 0.3 is 0 Å². The van der Waals surface area contributed by atoms with E-state index in [0.717, 1.165) is 80.2 Å². The molecule has 1 saturated heterocycles. The molecule has 32 heavy (non-hydrogen) atoms. The first-order chi connectivity index (χ1) is 15.6. The van der Waals surface area contributed by atoms with Crippen molar-refractivity contribution in [3.05, 3.63) is 47.7 Å². The van der Waals surface area contributed by atoms with Crippen molar-refractivity contribution in [3.63, 3.8) is 0 Å². The van der Waals surface area contributed by atoms with Gasteiger partial charge in [-0.3, -0.25) is 4.90 Å². The summed E-state index contributed by atoms with van der Waals surface area (Å²) in [6, 6.07) is 10.1. The van der Waals surface area contributed by atoms with Crippen LogP contribution in [0.3, 0.4) is 0 Å². The molecule has 3 heterocycles. The van der Waals surface area contributed by atoms with Crippen LogP contribution in [0.5, 0.6) is 0 Å². The number of aliphatic imine (C=N–C) groups is 1. The van der Waals surface area contributed by atoms with E-state index in [-0.39, 0.29) is 6.04 Å². The highest BCUT2D eigenvalue weighted by Crippen LogP contribution is 2.23. The number of nitrogens with zero attached hydrogens (tertiary/aromatic N) is 5. The molecule has 172 valence electrons. The van der Waals surface area contributed by atoms with Gasteiger partial charge in [0.2, 0.25) is 0 Å². The van der Waals surface area contributed by atoms with Gasteiger partial charge in [0.25, 0.3) is 0 Å². The molecule has 1 aliphatic heterocycles. The second-order valence-corrected chi connectivity index (χ2v) is 8.17. The van der Waals surface area contributed by atoms with Crippen molar-refractivity contribution in [2.24, 2.45) is 12.0 Å². The van der Waals surface area contributed by atoms with Crippen LogP contribution in [0.2, 0.25) is 0 Å². The van der Waals surface area contributed by atoms with Gasteiger partial charge in [-0.25, -0.2) is 4.99 Å². The molecule has 2 aromatic heterocycles. The number of rotatable bonds is 8. The van der Waals surface area contributed by atoms with E-state index in [1.165, 1.54) is 0 Å². The van der Waals surface area contributed by atoms with Crippen LogP contribution in [-0.2, 0) is 18.3 Å². The Labute approximate surface area is 188 Å². The molecule has 4 rings (SSSR count). The summed E-state index contributed by atoms with van der Waals surface area (Å²) in [5.41, 5.74) is 0.891. The monoisotopic (exact) mass is 439 g/mol. The number of guanidine groups is 1. The molecule has 1 unspecified atom stereocenters. The summed E-state index contributed by atoms with van der Waals surface area (Å²) in [6.07, 6.45) is 1.03. The van der Waals surface area contributed by atoms with E-state index in [1.54, 1.807) is 0 Å². The third kappa shape index (κ3) is 5.66. The number of para-hydroxylation sites is 1. The van der Waals surface area contributed by atoms with Crippen molar-refractivity contribution in [1.29, 1.82) is 0 Å². The van der Waals surface area contributed by atoms with Crippen molar-refractivity contribution in [2.45, 2.75) is 32.9 Å². The van der Waals surface area contributed by atoms with Gasteiger partial charge in [-0.15, -0.1) is 10.2 Å². The van der Waals surface area contributed by atoms with E-state index in [2.05, 4.69) is 44.8 Å². The number of hydrogen-bond acceptors (Lipinski definition) is 6. The SMILES string of the molecule is Cc1nnc(CN=C(NCCCN2CCOCC2)NC(C)c2cc3ccccc3o2)n1C. The minimum Gasteiger partial charge on any atom is -0.459 e. The maximum Gasteiger partial charge on any atom is 0.192 e. The largest absolute Gasteiger partial charge is 0.459 e. The van der Waals surface area contributed by atoms with E-state index in [1.807, 2.05) is 36.7 Å². The molecule has 9 heteroatoms. The molecule has 0 aliphatic carbocycles. The minimum atomic E-state index is -0.0332. The average Bonchev–Trinajstić information content (AvgIpc) is 3.39. The van der Waals surface area contributed by atoms with Crippen molar-refractivity contribution >= 4 is 16.9 Å². The lowest BCUT2D eigenvalue weighted by Gasteiger charge is -2.26. The van der Waals surface area contributed by atoms with E-state index in [4.69, 9.17) is 14.1 Å². The Hall–Kier alpha value is -2.91. The number of nitrogens with one attached hydrogen (secondary N) is 2. The van der Waals surface area contributed by atoms with Crippen LogP contribution in [0.25, 0.3) is 11.0 Å². The van der Waals surface area contributed by atoms with Crippen LogP contribution in [0.15, 0.2) is 39.7 Å². The molecule has 1 aliphatic rings. The van der Waals surface area contributed by atoms with E-state index in [9.17, 15) is 0 Å². The highest BCUT2D eigenvalue weighted by atomic mass is 16.5. The van der Waals surface area contributed by atoms with Crippen LogP contribution in [-0.4, -0.2) is 65.0 Å².